The van der Waals surface area contributed by atoms with Crippen LogP contribution in [0, 0.1) is 0 Å². The second kappa shape index (κ2) is 5.67. The van der Waals surface area contributed by atoms with Gasteiger partial charge in [0.25, 0.3) is 0 Å². The van der Waals surface area contributed by atoms with E-state index in [0.717, 1.165) is 11.3 Å². The van der Waals surface area contributed by atoms with Crippen LogP contribution in [0.2, 0.25) is 0 Å². The van der Waals surface area contributed by atoms with Crippen LogP contribution in [-0.4, -0.2) is 55.0 Å². The molecule has 2 aliphatic heterocycles. The molecular formula is C14H18O6. The lowest BCUT2D eigenvalue weighted by atomic mass is 9.99. The standard InChI is InChI=1S/C14H18O6/c1-17-9-4-2-8(3-5-9)14-19-7-11-13(20-14)12(16)10(15)6-18-11/h2-5,10-16H,6-7H2,1H3. The van der Waals surface area contributed by atoms with Crippen molar-refractivity contribution in [3.63, 3.8) is 0 Å². The van der Waals surface area contributed by atoms with Gasteiger partial charge >= 0.3 is 0 Å². The lowest BCUT2D eigenvalue weighted by Gasteiger charge is -2.43. The third kappa shape index (κ3) is 2.53. The Morgan fingerprint density at radius 2 is 1.85 bits per heavy atom. The summed E-state index contributed by atoms with van der Waals surface area (Å²) < 4.78 is 21.8. The van der Waals surface area contributed by atoms with E-state index in [2.05, 4.69) is 0 Å². The summed E-state index contributed by atoms with van der Waals surface area (Å²) in [5.74, 6) is 0.749. The maximum atomic E-state index is 9.99. The summed E-state index contributed by atoms with van der Waals surface area (Å²) >= 11 is 0. The molecule has 6 nitrogen and oxygen atoms in total. The van der Waals surface area contributed by atoms with Gasteiger partial charge in [0, 0.05) is 5.56 Å². The average Bonchev–Trinajstić information content (AvgIpc) is 2.51. The number of methoxy groups -OCH3 is 1. The van der Waals surface area contributed by atoms with E-state index >= 15 is 0 Å². The van der Waals surface area contributed by atoms with Gasteiger partial charge in [-0.15, -0.1) is 0 Å². The zero-order chi connectivity index (χ0) is 14.1. The highest BCUT2D eigenvalue weighted by atomic mass is 16.7. The highest BCUT2D eigenvalue weighted by molar-refractivity contribution is 5.28. The second-order valence-corrected chi connectivity index (χ2v) is 4.97. The van der Waals surface area contributed by atoms with Crippen molar-refractivity contribution < 1.29 is 29.2 Å². The first-order valence-corrected chi connectivity index (χ1v) is 6.58. The summed E-state index contributed by atoms with van der Waals surface area (Å²) in [5, 5.41) is 19.6. The lowest BCUT2D eigenvalue weighted by molar-refractivity contribution is -0.314. The van der Waals surface area contributed by atoms with E-state index in [1.807, 2.05) is 24.3 Å². The Bertz CT molecular complexity index is 445. The van der Waals surface area contributed by atoms with Crippen molar-refractivity contribution in [1.29, 1.82) is 0 Å². The number of hydrogen-bond acceptors (Lipinski definition) is 6. The summed E-state index contributed by atoms with van der Waals surface area (Å²) in [7, 11) is 1.60. The van der Waals surface area contributed by atoms with Gasteiger partial charge in [-0.1, -0.05) is 12.1 Å². The monoisotopic (exact) mass is 282 g/mol. The van der Waals surface area contributed by atoms with Crippen LogP contribution >= 0.6 is 0 Å². The van der Waals surface area contributed by atoms with E-state index in [4.69, 9.17) is 18.9 Å². The molecule has 2 N–H and O–H groups in total. The van der Waals surface area contributed by atoms with Crippen LogP contribution in [-0.2, 0) is 14.2 Å². The molecular weight excluding hydrogens is 264 g/mol. The van der Waals surface area contributed by atoms with Crippen molar-refractivity contribution in [2.75, 3.05) is 20.3 Å². The average molecular weight is 282 g/mol. The first-order chi connectivity index (χ1) is 9.69. The van der Waals surface area contributed by atoms with E-state index in [1.54, 1.807) is 7.11 Å². The largest absolute Gasteiger partial charge is 0.497 e. The Hall–Kier alpha value is -1.18. The summed E-state index contributed by atoms with van der Waals surface area (Å²) in [5.41, 5.74) is 0.830. The van der Waals surface area contributed by atoms with Crippen LogP contribution in [0.5, 0.6) is 5.75 Å². The Balaban J connectivity index is 1.72. The van der Waals surface area contributed by atoms with E-state index in [1.165, 1.54) is 0 Å². The minimum absolute atomic E-state index is 0.0995. The van der Waals surface area contributed by atoms with Crippen LogP contribution in [0.25, 0.3) is 0 Å². The second-order valence-electron chi connectivity index (χ2n) is 4.97. The number of benzene rings is 1. The minimum atomic E-state index is -0.960. The fourth-order valence-electron chi connectivity index (χ4n) is 2.47. The molecule has 110 valence electrons. The van der Waals surface area contributed by atoms with Gasteiger partial charge in [0.15, 0.2) is 6.29 Å². The smallest absolute Gasteiger partial charge is 0.184 e. The van der Waals surface area contributed by atoms with Crippen LogP contribution < -0.4 is 4.74 Å². The molecule has 1 aromatic carbocycles. The van der Waals surface area contributed by atoms with Crippen molar-refractivity contribution in [2.45, 2.75) is 30.7 Å². The number of aliphatic hydroxyl groups excluding tert-OH is 2. The molecule has 3 rings (SSSR count). The predicted molar refractivity (Wildman–Crippen MR) is 68.3 cm³/mol. The van der Waals surface area contributed by atoms with E-state index in [9.17, 15) is 10.2 Å². The maximum Gasteiger partial charge on any atom is 0.184 e. The first kappa shape index (κ1) is 13.8. The predicted octanol–water partition coefficient (Wildman–Crippen LogP) is 0.230. The topological polar surface area (TPSA) is 77.4 Å². The van der Waals surface area contributed by atoms with E-state index in [-0.39, 0.29) is 12.7 Å². The Morgan fingerprint density at radius 3 is 2.55 bits per heavy atom. The third-order valence-electron chi connectivity index (χ3n) is 3.66. The molecule has 0 spiro atoms. The van der Waals surface area contributed by atoms with Crippen LogP contribution in [0.1, 0.15) is 11.9 Å². The maximum absolute atomic E-state index is 9.99. The van der Waals surface area contributed by atoms with Crippen molar-refractivity contribution >= 4 is 0 Å². The highest BCUT2D eigenvalue weighted by Gasteiger charge is 2.44. The Labute approximate surface area is 116 Å². The molecule has 0 aromatic heterocycles. The van der Waals surface area contributed by atoms with Crippen LogP contribution in [0.15, 0.2) is 24.3 Å². The molecule has 2 fully saturated rings. The molecule has 2 heterocycles. The van der Waals surface area contributed by atoms with Gasteiger partial charge in [0.05, 0.1) is 20.3 Å². The summed E-state index contributed by atoms with van der Waals surface area (Å²) in [6, 6.07) is 7.32. The van der Waals surface area contributed by atoms with Crippen molar-refractivity contribution in [3.05, 3.63) is 29.8 Å². The molecule has 2 saturated heterocycles. The summed E-state index contributed by atoms with van der Waals surface area (Å²) in [6.07, 6.45) is -3.39. The first-order valence-electron chi connectivity index (χ1n) is 6.58. The number of rotatable bonds is 2. The zero-order valence-corrected chi connectivity index (χ0v) is 11.1. The van der Waals surface area contributed by atoms with E-state index in [0.29, 0.717) is 6.61 Å². The number of ether oxygens (including phenoxy) is 4. The lowest BCUT2D eigenvalue weighted by Crippen LogP contribution is -2.58. The van der Waals surface area contributed by atoms with Gasteiger partial charge in [-0.05, 0) is 12.1 Å². The number of fused-ring (bicyclic) bond motifs is 1. The highest BCUT2D eigenvalue weighted by Crippen LogP contribution is 2.32. The normalized spacial score (nSPS) is 37.2. The SMILES string of the molecule is COc1ccc(C2OCC3OCC(O)C(O)C3O2)cc1. The Morgan fingerprint density at radius 1 is 1.10 bits per heavy atom. The molecule has 0 saturated carbocycles. The van der Waals surface area contributed by atoms with Gasteiger partial charge < -0.3 is 29.2 Å². The van der Waals surface area contributed by atoms with Gasteiger partial charge in [0.1, 0.15) is 30.2 Å². The van der Waals surface area contributed by atoms with Gasteiger partial charge in [-0.25, -0.2) is 0 Å². The quantitative estimate of drug-likeness (QED) is 0.808. The molecule has 1 aromatic rings. The van der Waals surface area contributed by atoms with Gasteiger partial charge in [0.2, 0.25) is 0 Å². The summed E-state index contributed by atoms with van der Waals surface area (Å²) in [4.78, 5) is 0. The van der Waals surface area contributed by atoms with Gasteiger partial charge in [-0.3, -0.25) is 0 Å². The van der Waals surface area contributed by atoms with Crippen molar-refractivity contribution in [2.24, 2.45) is 0 Å². The molecule has 0 radical (unpaired) electrons. The molecule has 0 aliphatic carbocycles. The molecule has 20 heavy (non-hydrogen) atoms. The fraction of sp³-hybridized carbons (Fsp3) is 0.571. The molecule has 0 amide bonds. The zero-order valence-electron chi connectivity index (χ0n) is 11.1. The molecule has 0 bridgehead atoms. The Kier molecular flexibility index (Phi) is 3.91. The number of aliphatic hydroxyl groups is 2. The van der Waals surface area contributed by atoms with Crippen molar-refractivity contribution in [1.82, 2.24) is 0 Å². The van der Waals surface area contributed by atoms with Gasteiger partial charge in [-0.2, -0.15) is 0 Å². The summed E-state index contributed by atoms with van der Waals surface area (Å²) in [6.45, 7) is 0.424. The van der Waals surface area contributed by atoms with Crippen molar-refractivity contribution in [3.8, 4) is 5.75 Å². The van der Waals surface area contributed by atoms with E-state index < -0.39 is 24.6 Å². The molecule has 2 aliphatic rings. The van der Waals surface area contributed by atoms with Crippen LogP contribution in [0.4, 0.5) is 0 Å². The third-order valence-corrected chi connectivity index (χ3v) is 3.66. The van der Waals surface area contributed by atoms with Crippen LogP contribution in [0.3, 0.4) is 0 Å². The molecule has 5 unspecified atom stereocenters. The molecule has 5 atom stereocenters. The number of hydrogen-bond donors (Lipinski definition) is 2. The fourth-order valence-corrected chi connectivity index (χ4v) is 2.47. The minimum Gasteiger partial charge on any atom is -0.497 e. The molecule has 6 heteroatoms.